The van der Waals surface area contributed by atoms with E-state index in [9.17, 15) is 19.5 Å². The normalized spacial score (nSPS) is 14.4. The lowest BCUT2D eigenvalue weighted by Gasteiger charge is -2.22. The molecule has 0 radical (unpaired) electrons. The second-order valence-electron chi connectivity index (χ2n) is 5.82. The van der Waals surface area contributed by atoms with Crippen LogP contribution in [0.1, 0.15) is 38.5 Å². The van der Waals surface area contributed by atoms with Crippen LogP contribution in [0, 0.1) is 0 Å². The van der Waals surface area contributed by atoms with Gasteiger partial charge in [-0.3, -0.25) is 9.59 Å². The lowest BCUT2D eigenvalue weighted by atomic mass is 10.1. The largest absolute Gasteiger partial charge is 0.480 e. The van der Waals surface area contributed by atoms with Gasteiger partial charge in [0.15, 0.2) is 0 Å². The third-order valence-corrected chi connectivity index (χ3v) is 3.67. The Bertz CT molecular complexity index is 421. The van der Waals surface area contributed by atoms with Crippen molar-refractivity contribution in [1.82, 2.24) is 10.6 Å². The number of hydrogen-bond acceptors (Lipinski definition) is 7. The van der Waals surface area contributed by atoms with Crippen molar-refractivity contribution in [3.05, 3.63) is 0 Å². The molecule has 2 amide bonds. The van der Waals surface area contributed by atoms with Crippen LogP contribution in [0.4, 0.5) is 0 Å². The quantitative estimate of drug-likeness (QED) is 0.167. The van der Waals surface area contributed by atoms with Crippen molar-refractivity contribution < 1.29 is 24.6 Å². The van der Waals surface area contributed by atoms with Crippen molar-refractivity contribution in [3.8, 4) is 0 Å². The second-order valence-corrected chi connectivity index (χ2v) is 5.82. The third kappa shape index (κ3) is 9.97. The monoisotopic (exact) mass is 361 g/mol. The predicted octanol–water partition coefficient (Wildman–Crippen LogP) is -2.38. The fourth-order valence-corrected chi connectivity index (χ4v) is 2.15. The minimum absolute atomic E-state index is 0.248. The Morgan fingerprint density at radius 3 is 1.76 bits per heavy atom. The zero-order valence-electron chi connectivity index (χ0n) is 14.4. The van der Waals surface area contributed by atoms with Gasteiger partial charge in [-0.2, -0.15) is 0 Å². The molecule has 0 heterocycles. The molecule has 0 saturated carbocycles. The first-order valence-electron chi connectivity index (χ1n) is 8.47. The van der Waals surface area contributed by atoms with Crippen LogP contribution in [-0.4, -0.2) is 65.8 Å². The standard InChI is InChI=1S/C15H31N5O5/c16-7-3-1-5-11(19-13(22)10(18)9-21)14(23)20-12(15(24)25)6-2-4-8-17/h10-12,21H,1-9,16-18H2,(H,19,22)(H,20,23)(H,24,25)/t10-,11+,12+/m1/s1. The van der Waals surface area contributed by atoms with Crippen molar-refractivity contribution in [3.63, 3.8) is 0 Å². The number of aliphatic hydroxyl groups is 1. The van der Waals surface area contributed by atoms with E-state index in [1.54, 1.807) is 0 Å². The van der Waals surface area contributed by atoms with Gasteiger partial charge in [0.1, 0.15) is 18.1 Å². The van der Waals surface area contributed by atoms with Gasteiger partial charge in [0.25, 0.3) is 0 Å². The number of rotatable bonds is 14. The minimum atomic E-state index is -1.15. The number of nitrogens with one attached hydrogen (secondary N) is 2. The van der Waals surface area contributed by atoms with E-state index in [0.29, 0.717) is 45.2 Å². The van der Waals surface area contributed by atoms with Crippen LogP contribution in [0.15, 0.2) is 0 Å². The van der Waals surface area contributed by atoms with Crippen LogP contribution in [0.3, 0.4) is 0 Å². The van der Waals surface area contributed by atoms with Gasteiger partial charge < -0.3 is 38.0 Å². The van der Waals surface area contributed by atoms with E-state index >= 15 is 0 Å². The number of aliphatic hydroxyl groups excluding tert-OH is 1. The van der Waals surface area contributed by atoms with E-state index in [1.807, 2.05) is 0 Å². The summed E-state index contributed by atoms with van der Waals surface area (Å²) in [5.41, 5.74) is 16.2. The van der Waals surface area contributed by atoms with Crippen LogP contribution in [0.5, 0.6) is 0 Å². The molecule has 0 bridgehead atoms. The van der Waals surface area contributed by atoms with Crippen molar-refractivity contribution >= 4 is 17.8 Å². The van der Waals surface area contributed by atoms with Crippen LogP contribution in [-0.2, 0) is 14.4 Å². The molecule has 10 N–H and O–H groups in total. The molecule has 0 saturated heterocycles. The number of carboxylic acid groups (broad SMARTS) is 1. The topological polar surface area (TPSA) is 194 Å². The van der Waals surface area contributed by atoms with Crippen molar-refractivity contribution in [2.45, 2.75) is 56.7 Å². The van der Waals surface area contributed by atoms with Crippen molar-refractivity contribution in [1.29, 1.82) is 0 Å². The summed E-state index contributed by atoms with van der Waals surface area (Å²) in [5.74, 6) is -2.43. The maximum absolute atomic E-state index is 12.4. The maximum atomic E-state index is 12.4. The zero-order chi connectivity index (χ0) is 19.2. The van der Waals surface area contributed by atoms with E-state index in [4.69, 9.17) is 22.3 Å². The molecule has 0 aliphatic rings. The van der Waals surface area contributed by atoms with E-state index < -0.39 is 42.5 Å². The summed E-state index contributed by atoms with van der Waals surface area (Å²) in [6.45, 7) is 0.326. The number of hydrogen-bond donors (Lipinski definition) is 7. The highest BCUT2D eigenvalue weighted by molar-refractivity contribution is 5.91. The Balaban J connectivity index is 4.85. The molecule has 10 heteroatoms. The molecule has 0 aromatic rings. The van der Waals surface area contributed by atoms with Gasteiger partial charge in [-0.1, -0.05) is 0 Å². The summed E-state index contributed by atoms with van der Waals surface area (Å²) in [5, 5.41) is 23.0. The van der Waals surface area contributed by atoms with Gasteiger partial charge in [0.05, 0.1) is 6.61 Å². The number of carbonyl (C=O) groups excluding carboxylic acids is 2. The number of carbonyl (C=O) groups is 3. The lowest BCUT2D eigenvalue weighted by molar-refractivity contribution is -0.142. The molecular weight excluding hydrogens is 330 g/mol. The summed E-state index contributed by atoms with van der Waals surface area (Å²) < 4.78 is 0. The number of unbranched alkanes of at least 4 members (excludes halogenated alkanes) is 2. The van der Waals surface area contributed by atoms with Gasteiger partial charge in [-0.15, -0.1) is 0 Å². The van der Waals surface area contributed by atoms with E-state index in [0.717, 1.165) is 0 Å². The van der Waals surface area contributed by atoms with Crippen LogP contribution in [0.25, 0.3) is 0 Å². The zero-order valence-corrected chi connectivity index (χ0v) is 14.4. The van der Waals surface area contributed by atoms with E-state index in [1.165, 1.54) is 0 Å². The summed E-state index contributed by atoms with van der Waals surface area (Å²) in [4.78, 5) is 35.5. The average molecular weight is 361 g/mol. The Hall–Kier alpha value is -1.75. The molecule has 146 valence electrons. The molecule has 0 aromatic heterocycles. The first-order chi connectivity index (χ1) is 11.9. The molecule has 10 nitrogen and oxygen atoms in total. The molecule has 0 aromatic carbocycles. The number of nitrogens with two attached hydrogens (primary N) is 3. The first-order valence-corrected chi connectivity index (χ1v) is 8.47. The van der Waals surface area contributed by atoms with Gasteiger partial charge in [0, 0.05) is 0 Å². The van der Waals surface area contributed by atoms with Crippen LogP contribution < -0.4 is 27.8 Å². The molecule has 25 heavy (non-hydrogen) atoms. The smallest absolute Gasteiger partial charge is 0.326 e. The first kappa shape index (κ1) is 23.2. The Morgan fingerprint density at radius 1 is 0.840 bits per heavy atom. The Morgan fingerprint density at radius 2 is 1.32 bits per heavy atom. The summed E-state index contributed by atoms with van der Waals surface area (Å²) in [7, 11) is 0. The SMILES string of the molecule is NCCCC[C@H](NC(=O)[C@H](CCCCN)NC(=O)[C@H](N)CO)C(=O)O. The highest BCUT2D eigenvalue weighted by atomic mass is 16.4. The lowest BCUT2D eigenvalue weighted by Crippen LogP contribution is -2.55. The van der Waals surface area contributed by atoms with Crippen LogP contribution in [0.2, 0.25) is 0 Å². The van der Waals surface area contributed by atoms with Gasteiger partial charge >= 0.3 is 5.97 Å². The average Bonchev–Trinajstić information content (AvgIpc) is 2.58. The van der Waals surface area contributed by atoms with E-state index in [-0.39, 0.29) is 6.42 Å². The third-order valence-electron chi connectivity index (χ3n) is 3.67. The molecule has 0 aliphatic carbocycles. The number of carboxylic acids is 1. The molecule has 0 unspecified atom stereocenters. The highest BCUT2D eigenvalue weighted by Crippen LogP contribution is 2.05. The molecular formula is C15H31N5O5. The fraction of sp³-hybridized carbons (Fsp3) is 0.800. The minimum Gasteiger partial charge on any atom is -0.480 e. The maximum Gasteiger partial charge on any atom is 0.326 e. The van der Waals surface area contributed by atoms with Gasteiger partial charge in [-0.05, 0) is 51.6 Å². The van der Waals surface area contributed by atoms with Gasteiger partial charge in [0.2, 0.25) is 11.8 Å². The second kappa shape index (κ2) is 13.5. The van der Waals surface area contributed by atoms with Crippen LogP contribution >= 0.6 is 0 Å². The molecule has 0 fully saturated rings. The highest BCUT2D eigenvalue weighted by Gasteiger charge is 2.27. The molecule has 0 aliphatic heterocycles. The van der Waals surface area contributed by atoms with Gasteiger partial charge in [-0.25, -0.2) is 4.79 Å². The molecule has 0 spiro atoms. The Kier molecular flexibility index (Phi) is 12.6. The number of aliphatic carboxylic acids is 1. The summed E-state index contributed by atoms with van der Waals surface area (Å²) in [6, 6.07) is -3.14. The van der Waals surface area contributed by atoms with E-state index in [2.05, 4.69) is 10.6 Å². The fourth-order valence-electron chi connectivity index (χ4n) is 2.15. The van der Waals surface area contributed by atoms with Crippen molar-refractivity contribution in [2.24, 2.45) is 17.2 Å². The molecule has 0 rings (SSSR count). The number of amides is 2. The summed E-state index contributed by atoms with van der Waals surface area (Å²) >= 11 is 0. The van der Waals surface area contributed by atoms with Crippen molar-refractivity contribution in [2.75, 3.05) is 19.7 Å². The molecule has 3 atom stereocenters. The Labute approximate surface area is 147 Å². The predicted molar refractivity (Wildman–Crippen MR) is 92.4 cm³/mol. The summed E-state index contributed by atoms with van der Waals surface area (Å²) in [6.07, 6.45) is 2.99.